The average Bonchev–Trinajstić information content (AvgIpc) is 3.43. The van der Waals surface area contributed by atoms with Gasteiger partial charge < -0.3 is 4.42 Å². The van der Waals surface area contributed by atoms with E-state index in [4.69, 9.17) is 4.42 Å². The lowest BCUT2D eigenvalue weighted by Gasteiger charge is -2.22. The zero-order valence-corrected chi connectivity index (χ0v) is 23.5. The summed E-state index contributed by atoms with van der Waals surface area (Å²) in [7, 11) is 0. The monoisotopic (exact) mass is 552 g/mol. The lowest BCUT2D eigenvalue weighted by molar-refractivity contribution is 0.669. The van der Waals surface area contributed by atoms with Gasteiger partial charge >= 0.3 is 0 Å². The quantitative estimate of drug-likeness (QED) is 0.216. The van der Waals surface area contributed by atoms with Crippen LogP contribution in [-0.2, 0) is 0 Å². The molecule has 0 unspecified atom stereocenters. The Labute approximate surface area is 248 Å². The van der Waals surface area contributed by atoms with Crippen LogP contribution in [0.2, 0.25) is 0 Å². The van der Waals surface area contributed by atoms with E-state index in [1.807, 2.05) is 23.9 Å². The van der Waals surface area contributed by atoms with Crippen LogP contribution in [0.1, 0.15) is 0 Å². The fourth-order valence-electron chi connectivity index (χ4n) is 6.63. The molecule has 2 heterocycles. The standard InChI is InChI=1S/C40H24OS/c1-2-11-27(26(10-1)25-20-22-37-35(24-25)31-14-5-7-18-36(31)41-37)28-12-3-4-13-29(28)30-21-23-39-40-33(30)16-9-17-34(40)32-15-6-8-19-38(32)42-39/h1-24H. The van der Waals surface area contributed by atoms with Crippen LogP contribution < -0.4 is 0 Å². The van der Waals surface area contributed by atoms with Crippen molar-refractivity contribution in [3.8, 4) is 44.5 Å². The highest BCUT2D eigenvalue weighted by Gasteiger charge is 2.22. The molecule has 0 atom stereocenters. The third kappa shape index (κ3) is 3.52. The van der Waals surface area contributed by atoms with Crippen molar-refractivity contribution >= 4 is 44.5 Å². The molecule has 0 spiro atoms. The molecule has 1 nitrogen and oxygen atoms in total. The minimum Gasteiger partial charge on any atom is -0.456 e. The maximum absolute atomic E-state index is 6.13. The van der Waals surface area contributed by atoms with Crippen LogP contribution in [0.15, 0.2) is 160 Å². The molecular weight excluding hydrogens is 529 g/mol. The van der Waals surface area contributed by atoms with E-state index >= 15 is 0 Å². The number of benzene rings is 7. The number of hydrogen-bond acceptors (Lipinski definition) is 2. The summed E-state index contributed by atoms with van der Waals surface area (Å²) < 4.78 is 6.13. The van der Waals surface area contributed by atoms with E-state index in [-0.39, 0.29) is 0 Å². The Bertz CT molecular complexity index is 2340. The van der Waals surface area contributed by atoms with Gasteiger partial charge in [-0.2, -0.15) is 0 Å². The van der Waals surface area contributed by atoms with Crippen molar-refractivity contribution in [1.82, 2.24) is 0 Å². The van der Waals surface area contributed by atoms with Gasteiger partial charge in [-0.25, -0.2) is 0 Å². The topological polar surface area (TPSA) is 13.1 Å². The lowest BCUT2D eigenvalue weighted by Crippen LogP contribution is -1.95. The van der Waals surface area contributed by atoms with Gasteiger partial charge in [0.25, 0.3) is 0 Å². The molecule has 0 saturated heterocycles. The molecule has 0 saturated carbocycles. The minimum absolute atomic E-state index is 0.918. The van der Waals surface area contributed by atoms with Crippen LogP contribution in [0, 0.1) is 0 Å². The van der Waals surface area contributed by atoms with Crippen molar-refractivity contribution in [3.63, 3.8) is 0 Å². The maximum Gasteiger partial charge on any atom is 0.135 e. The summed E-state index contributed by atoms with van der Waals surface area (Å²) in [6.45, 7) is 0. The van der Waals surface area contributed by atoms with Crippen LogP contribution in [0.5, 0.6) is 0 Å². The van der Waals surface area contributed by atoms with Crippen molar-refractivity contribution < 1.29 is 4.42 Å². The van der Waals surface area contributed by atoms with E-state index in [2.05, 4.69) is 133 Å². The number of fused-ring (bicyclic) bond motifs is 5. The normalized spacial score (nSPS) is 12.2. The fraction of sp³-hybridized carbons (Fsp3) is 0. The van der Waals surface area contributed by atoms with Gasteiger partial charge in [-0.05, 0) is 80.2 Å². The fourth-order valence-corrected chi connectivity index (χ4v) is 7.76. The molecule has 8 aromatic rings. The van der Waals surface area contributed by atoms with E-state index in [1.165, 1.54) is 65.1 Å². The molecule has 9 rings (SSSR count). The second-order valence-corrected chi connectivity index (χ2v) is 11.9. The SMILES string of the molecule is c1ccc2c(c1)Sc1ccc(-c3ccccc3-c3ccccc3-c3ccc4oc5ccccc5c4c3)c3cccc-2c13. The van der Waals surface area contributed by atoms with Gasteiger partial charge in [0.1, 0.15) is 11.2 Å². The smallest absolute Gasteiger partial charge is 0.135 e. The van der Waals surface area contributed by atoms with Crippen molar-refractivity contribution in [3.05, 3.63) is 146 Å². The first-order chi connectivity index (χ1) is 20.8. The summed E-state index contributed by atoms with van der Waals surface area (Å²) in [6, 6.07) is 52.6. The molecule has 1 aromatic heterocycles. The maximum atomic E-state index is 6.13. The zero-order chi connectivity index (χ0) is 27.6. The lowest BCUT2D eigenvalue weighted by atomic mass is 9.86. The van der Waals surface area contributed by atoms with E-state index in [1.54, 1.807) is 0 Å². The molecule has 196 valence electrons. The second kappa shape index (κ2) is 9.24. The molecule has 0 aliphatic carbocycles. The van der Waals surface area contributed by atoms with Gasteiger partial charge in [-0.15, -0.1) is 0 Å². The Morgan fingerprint density at radius 2 is 0.976 bits per heavy atom. The van der Waals surface area contributed by atoms with Crippen molar-refractivity contribution in [2.75, 3.05) is 0 Å². The van der Waals surface area contributed by atoms with Gasteiger partial charge in [0.2, 0.25) is 0 Å². The van der Waals surface area contributed by atoms with Crippen LogP contribution >= 0.6 is 11.8 Å². The number of para-hydroxylation sites is 1. The van der Waals surface area contributed by atoms with Gasteiger partial charge in [0.15, 0.2) is 0 Å². The Morgan fingerprint density at radius 1 is 0.357 bits per heavy atom. The highest BCUT2D eigenvalue weighted by molar-refractivity contribution is 7.99. The molecule has 0 radical (unpaired) electrons. The Kier molecular flexibility index (Phi) is 5.20. The van der Waals surface area contributed by atoms with Crippen LogP contribution in [-0.4, -0.2) is 0 Å². The summed E-state index contributed by atoms with van der Waals surface area (Å²) in [5.41, 5.74) is 11.8. The van der Waals surface area contributed by atoms with Crippen LogP contribution in [0.3, 0.4) is 0 Å². The van der Waals surface area contributed by atoms with E-state index in [0.29, 0.717) is 0 Å². The minimum atomic E-state index is 0.918. The second-order valence-electron chi connectivity index (χ2n) is 10.8. The first-order valence-corrected chi connectivity index (χ1v) is 15.1. The third-order valence-electron chi connectivity index (χ3n) is 8.52. The number of hydrogen-bond donors (Lipinski definition) is 0. The summed E-state index contributed by atoms with van der Waals surface area (Å²) in [5, 5.41) is 4.94. The van der Waals surface area contributed by atoms with Crippen molar-refractivity contribution in [2.24, 2.45) is 0 Å². The van der Waals surface area contributed by atoms with E-state index in [0.717, 1.165) is 21.9 Å². The van der Waals surface area contributed by atoms with Gasteiger partial charge in [-0.3, -0.25) is 0 Å². The Hall–Kier alpha value is -5.05. The molecular formula is C40H24OS. The van der Waals surface area contributed by atoms with E-state index < -0.39 is 0 Å². The summed E-state index contributed by atoms with van der Waals surface area (Å²) in [4.78, 5) is 2.64. The van der Waals surface area contributed by atoms with Gasteiger partial charge in [0.05, 0.1) is 0 Å². The molecule has 0 amide bonds. The summed E-state index contributed by atoms with van der Waals surface area (Å²) in [5.74, 6) is 0. The molecule has 2 heteroatoms. The molecule has 0 fully saturated rings. The predicted octanol–water partition coefficient (Wildman–Crippen LogP) is 11.9. The number of furan rings is 1. The molecule has 42 heavy (non-hydrogen) atoms. The molecule has 1 aliphatic rings. The highest BCUT2D eigenvalue weighted by Crippen LogP contribution is 2.50. The first-order valence-electron chi connectivity index (χ1n) is 14.3. The average molecular weight is 553 g/mol. The van der Waals surface area contributed by atoms with Crippen LogP contribution in [0.4, 0.5) is 0 Å². The van der Waals surface area contributed by atoms with Gasteiger partial charge in [-0.1, -0.05) is 127 Å². The Morgan fingerprint density at radius 3 is 1.83 bits per heavy atom. The first kappa shape index (κ1) is 23.6. The van der Waals surface area contributed by atoms with Gasteiger partial charge in [0, 0.05) is 25.9 Å². The van der Waals surface area contributed by atoms with Crippen LogP contribution in [0.25, 0.3) is 77.2 Å². The zero-order valence-electron chi connectivity index (χ0n) is 22.7. The summed E-state index contributed by atoms with van der Waals surface area (Å²) >= 11 is 1.87. The highest BCUT2D eigenvalue weighted by atomic mass is 32.2. The molecule has 7 aromatic carbocycles. The number of rotatable bonds is 3. The van der Waals surface area contributed by atoms with Crippen molar-refractivity contribution in [1.29, 1.82) is 0 Å². The predicted molar refractivity (Wildman–Crippen MR) is 177 cm³/mol. The Balaban J connectivity index is 1.25. The molecule has 1 aliphatic heterocycles. The van der Waals surface area contributed by atoms with Crippen molar-refractivity contribution in [2.45, 2.75) is 9.79 Å². The molecule has 0 N–H and O–H groups in total. The molecule has 0 bridgehead atoms. The summed E-state index contributed by atoms with van der Waals surface area (Å²) in [6.07, 6.45) is 0. The van der Waals surface area contributed by atoms with E-state index in [9.17, 15) is 0 Å². The largest absolute Gasteiger partial charge is 0.456 e. The third-order valence-corrected chi connectivity index (χ3v) is 9.66.